The van der Waals surface area contributed by atoms with Gasteiger partial charge in [-0.2, -0.15) is 0 Å². The van der Waals surface area contributed by atoms with Crippen molar-refractivity contribution in [3.8, 4) is 16.9 Å². The van der Waals surface area contributed by atoms with Crippen molar-refractivity contribution in [1.29, 1.82) is 0 Å². The standard InChI is InChI=1S/C13H10F2O/c14-13(15)11-6-10(7-12(16)8-11)9-4-2-1-3-5-9/h1-8,13,16H/p+1. The highest BCUT2D eigenvalue weighted by molar-refractivity contribution is 5.66. The van der Waals surface area contributed by atoms with Crippen molar-refractivity contribution < 1.29 is 15.3 Å². The van der Waals surface area contributed by atoms with Crippen molar-refractivity contribution in [2.45, 2.75) is 6.43 Å². The Morgan fingerprint density at radius 1 is 0.938 bits per heavy atom. The Labute approximate surface area is 93.5 Å². The molecule has 0 amide bonds. The van der Waals surface area contributed by atoms with Crippen LogP contribution in [0.1, 0.15) is 13.4 Å². The van der Waals surface area contributed by atoms with Gasteiger partial charge in [-0.05, 0) is 29.3 Å². The topological polar surface area (TPSA) is 20.2 Å². The second-order valence-corrected chi connectivity index (χ2v) is 3.48. The quantitative estimate of drug-likeness (QED) is 0.809. The SMILES string of the molecule is Oc1cc(-c2ccccc2)cc(C(F)F)c1.[H+]. The average molecular weight is 221 g/mol. The predicted octanol–water partition coefficient (Wildman–Crippen LogP) is 4.11. The summed E-state index contributed by atoms with van der Waals surface area (Å²) in [5, 5.41) is 9.37. The molecule has 0 spiro atoms. The molecule has 0 saturated heterocycles. The van der Waals surface area contributed by atoms with Crippen LogP contribution >= 0.6 is 0 Å². The van der Waals surface area contributed by atoms with Crippen LogP contribution in [-0.4, -0.2) is 5.11 Å². The molecule has 0 saturated carbocycles. The van der Waals surface area contributed by atoms with E-state index in [1.807, 2.05) is 30.3 Å². The third kappa shape index (κ3) is 2.19. The average Bonchev–Trinajstić information content (AvgIpc) is 2.29. The summed E-state index contributed by atoms with van der Waals surface area (Å²) in [6, 6.07) is 13.1. The molecule has 2 rings (SSSR count). The summed E-state index contributed by atoms with van der Waals surface area (Å²) in [5.74, 6) is -0.142. The highest BCUT2D eigenvalue weighted by Crippen LogP contribution is 2.29. The van der Waals surface area contributed by atoms with E-state index < -0.39 is 6.43 Å². The first-order chi connectivity index (χ1) is 7.66. The molecule has 0 bridgehead atoms. The zero-order valence-electron chi connectivity index (χ0n) is 9.40. The van der Waals surface area contributed by atoms with Crippen LogP contribution in [0.5, 0.6) is 5.75 Å². The zero-order chi connectivity index (χ0) is 11.5. The van der Waals surface area contributed by atoms with E-state index in [0.717, 1.165) is 11.6 Å². The highest BCUT2D eigenvalue weighted by atomic mass is 19.3. The van der Waals surface area contributed by atoms with E-state index in [9.17, 15) is 13.9 Å². The smallest absolute Gasteiger partial charge is 0.508 e. The van der Waals surface area contributed by atoms with Gasteiger partial charge in [0.05, 0.1) is 0 Å². The molecule has 0 fully saturated rings. The number of aromatic hydroxyl groups is 1. The van der Waals surface area contributed by atoms with Crippen LogP contribution < -0.4 is 0 Å². The lowest BCUT2D eigenvalue weighted by molar-refractivity contribution is 0.151. The fourth-order valence-electron chi connectivity index (χ4n) is 1.56. The Bertz CT molecular complexity index is 486. The summed E-state index contributed by atoms with van der Waals surface area (Å²) in [7, 11) is 0. The molecule has 1 N–H and O–H groups in total. The van der Waals surface area contributed by atoms with Crippen molar-refractivity contribution in [3.05, 3.63) is 54.1 Å². The van der Waals surface area contributed by atoms with Gasteiger partial charge < -0.3 is 5.11 Å². The number of halogens is 2. The maximum atomic E-state index is 12.5. The second-order valence-electron chi connectivity index (χ2n) is 3.48. The summed E-state index contributed by atoms with van der Waals surface area (Å²) >= 11 is 0. The van der Waals surface area contributed by atoms with Gasteiger partial charge in [-0.25, -0.2) is 8.78 Å². The predicted molar refractivity (Wildman–Crippen MR) is 59.6 cm³/mol. The summed E-state index contributed by atoms with van der Waals surface area (Å²) in [4.78, 5) is 0. The van der Waals surface area contributed by atoms with Crippen molar-refractivity contribution >= 4 is 0 Å². The van der Waals surface area contributed by atoms with E-state index in [-0.39, 0.29) is 12.7 Å². The van der Waals surface area contributed by atoms with E-state index >= 15 is 0 Å². The molecule has 82 valence electrons. The lowest BCUT2D eigenvalue weighted by atomic mass is 10.0. The van der Waals surface area contributed by atoms with E-state index in [2.05, 4.69) is 0 Å². The molecule has 1 nitrogen and oxygen atoms in total. The molecule has 0 aliphatic heterocycles. The zero-order valence-corrected chi connectivity index (χ0v) is 8.40. The first-order valence-electron chi connectivity index (χ1n) is 4.84. The Morgan fingerprint density at radius 2 is 1.62 bits per heavy atom. The Hall–Kier alpha value is -1.90. The molecule has 0 unspecified atom stereocenters. The maximum absolute atomic E-state index is 12.5. The summed E-state index contributed by atoms with van der Waals surface area (Å²) < 4.78 is 25.1. The van der Waals surface area contributed by atoms with Crippen molar-refractivity contribution in [3.63, 3.8) is 0 Å². The fourth-order valence-corrected chi connectivity index (χ4v) is 1.56. The van der Waals surface area contributed by atoms with Crippen LogP contribution in [0, 0.1) is 0 Å². The Morgan fingerprint density at radius 3 is 2.25 bits per heavy atom. The van der Waals surface area contributed by atoms with Gasteiger partial charge in [0.15, 0.2) is 0 Å². The van der Waals surface area contributed by atoms with Gasteiger partial charge in [0.25, 0.3) is 6.43 Å². The van der Waals surface area contributed by atoms with Crippen LogP contribution in [0.4, 0.5) is 8.78 Å². The number of phenols is 1. The third-order valence-electron chi connectivity index (χ3n) is 2.30. The highest BCUT2D eigenvalue weighted by Gasteiger charge is 2.10. The minimum Gasteiger partial charge on any atom is -0.508 e. The molecule has 2 aromatic rings. The number of alkyl halides is 2. The first kappa shape index (κ1) is 10.6. The van der Waals surface area contributed by atoms with Crippen LogP contribution in [0.3, 0.4) is 0 Å². The Kier molecular flexibility index (Phi) is 2.86. The number of rotatable bonds is 2. The second kappa shape index (κ2) is 4.31. The van der Waals surface area contributed by atoms with Gasteiger partial charge in [0.2, 0.25) is 0 Å². The maximum Gasteiger partial charge on any atom is 1.00 e. The molecule has 0 aliphatic carbocycles. The molecule has 0 atom stereocenters. The minimum atomic E-state index is -2.57. The molecule has 16 heavy (non-hydrogen) atoms. The van der Waals surface area contributed by atoms with Crippen molar-refractivity contribution in [2.24, 2.45) is 0 Å². The van der Waals surface area contributed by atoms with Gasteiger partial charge >= 0.3 is 1.43 Å². The summed E-state index contributed by atoms with van der Waals surface area (Å²) in [6.45, 7) is 0. The van der Waals surface area contributed by atoms with Gasteiger partial charge in [-0.1, -0.05) is 30.3 Å². The lowest BCUT2D eigenvalue weighted by Gasteiger charge is -2.06. The van der Waals surface area contributed by atoms with Gasteiger partial charge in [-0.15, -0.1) is 0 Å². The van der Waals surface area contributed by atoms with E-state index in [4.69, 9.17) is 0 Å². The molecule has 0 radical (unpaired) electrons. The molecule has 0 aromatic heterocycles. The van der Waals surface area contributed by atoms with E-state index in [1.54, 1.807) is 0 Å². The monoisotopic (exact) mass is 221 g/mol. The van der Waals surface area contributed by atoms with Crippen molar-refractivity contribution in [1.82, 2.24) is 0 Å². The minimum absolute atomic E-state index is 0. The van der Waals surface area contributed by atoms with E-state index in [1.165, 1.54) is 12.1 Å². The van der Waals surface area contributed by atoms with Gasteiger partial charge in [0.1, 0.15) is 5.75 Å². The van der Waals surface area contributed by atoms with Gasteiger partial charge in [0, 0.05) is 5.56 Å². The van der Waals surface area contributed by atoms with Crippen LogP contribution in [0.2, 0.25) is 0 Å². The van der Waals surface area contributed by atoms with Crippen LogP contribution in [-0.2, 0) is 0 Å². The molecule has 0 aliphatic rings. The van der Waals surface area contributed by atoms with Crippen molar-refractivity contribution in [2.75, 3.05) is 0 Å². The first-order valence-corrected chi connectivity index (χ1v) is 4.84. The largest absolute Gasteiger partial charge is 1.00 e. The molecule has 0 heterocycles. The Balaban J connectivity index is 0.00000144. The molecular weight excluding hydrogens is 210 g/mol. The number of phenolic OH excluding ortho intramolecular Hbond substituents is 1. The third-order valence-corrected chi connectivity index (χ3v) is 2.30. The molecule has 3 heteroatoms. The number of hydrogen-bond acceptors (Lipinski definition) is 1. The molecular formula is C13H11F2O+. The van der Waals surface area contributed by atoms with Gasteiger partial charge in [-0.3, -0.25) is 0 Å². The normalized spacial score (nSPS) is 10.7. The lowest BCUT2D eigenvalue weighted by Crippen LogP contribution is -1.86. The van der Waals surface area contributed by atoms with E-state index in [0.29, 0.717) is 5.56 Å². The van der Waals surface area contributed by atoms with Crippen LogP contribution in [0.25, 0.3) is 11.1 Å². The fraction of sp³-hybridized carbons (Fsp3) is 0.0769. The molecule has 2 aromatic carbocycles. The summed E-state index contributed by atoms with van der Waals surface area (Å²) in [5.41, 5.74) is 1.23. The number of benzene rings is 2. The number of hydrogen-bond donors (Lipinski definition) is 1. The summed E-state index contributed by atoms with van der Waals surface area (Å²) in [6.07, 6.45) is -2.57. The van der Waals surface area contributed by atoms with Crippen LogP contribution in [0.15, 0.2) is 48.5 Å².